The van der Waals surface area contributed by atoms with Crippen LogP contribution < -0.4 is 4.74 Å². The zero-order valence-corrected chi connectivity index (χ0v) is 9.98. The van der Waals surface area contributed by atoms with Crippen LogP contribution in [0.2, 0.25) is 0 Å². The maximum Gasteiger partial charge on any atom is 0.123 e. The van der Waals surface area contributed by atoms with Crippen molar-refractivity contribution in [2.45, 2.75) is 13.5 Å². The molecule has 0 aliphatic carbocycles. The fourth-order valence-corrected chi connectivity index (χ4v) is 1.59. The number of benzene rings is 2. The molecule has 0 radical (unpaired) electrons. The Labute approximate surface area is 105 Å². The summed E-state index contributed by atoms with van der Waals surface area (Å²) in [5.41, 5.74) is 2.13. The van der Waals surface area contributed by atoms with Gasteiger partial charge in [-0.2, -0.15) is 5.26 Å². The Kier molecular flexibility index (Phi) is 3.59. The highest BCUT2D eigenvalue weighted by Crippen LogP contribution is 2.16. The second kappa shape index (κ2) is 5.33. The van der Waals surface area contributed by atoms with E-state index in [1.165, 1.54) is 18.2 Å². The molecule has 90 valence electrons. The Hall–Kier alpha value is -2.34. The van der Waals surface area contributed by atoms with Crippen molar-refractivity contribution >= 4 is 0 Å². The van der Waals surface area contributed by atoms with Gasteiger partial charge < -0.3 is 4.74 Å². The summed E-state index contributed by atoms with van der Waals surface area (Å²) in [5.74, 6) is 0.338. The normalized spacial score (nSPS) is 9.83. The van der Waals surface area contributed by atoms with Crippen LogP contribution in [0.15, 0.2) is 42.5 Å². The predicted octanol–water partition coefficient (Wildman–Crippen LogP) is 3.58. The molecular weight excluding hydrogens is 229 g/mol. The number of nitrogens with zero attached hydrogens (tertiary/aromatic N) is 1. The van der Waals surface area contributed by atoms with Gasteiger partial charge in [-0.25, -0.2) is 4.39 Å². The van der Waals surface area contributed by atoms with E-state index in [4.69, 9.17) is 10.00 Å². The number of rotatable bonds is 3. The minimum absolute atomic E-state index is 0.184. The van der Waals surface area contributed by atoms with Gasteiger partial charge in [0, 0.05) is 5.56 Å². The van der Waals surface area contributed by atoms with E-state index in [1.54, 1.807) is 0 Å². The lowest BCUT2D eigenvalue weighted by molar-refractivity contribution is 0.305. The van der Waals surface area contributed by atoms with Crippen LogP contribution in [0.5, 0.6) is 5.75 Å². The first kappa shape index (κ1) is 12.1. The molecule has 2 aromatic rings. The van der Waals surface area contributed by atoms with Crippen LogP contribution in [0.25, 0.3) is 0 Å². The molecule has 0 heterocycles. The monoisotopic (exact) mass is 241 g/mol. The minimum Gasteiger partial charge on any atom is -0.489 e. The molecule has 0 atom stereocenters. The lowest BCUT2D eigenvalue weighted by atomic mass is 10.1. The molecule has 0 aromatic heterocycles. The molecule has 2 aromatic carbocycles. The number of hydrogen-bond donors (Lipinski definition) is 0. The van der Waals surface area contributed by atoms with E-state index in [-0.39, 0.29) is 12.4 Å². The van der Waals surface area contributed by atoms with Crippen LogP contribution in [0.3, 0.4) is 0 Å². The smallest absolute Gasteiger partial charge is 0.123 e. The molecule has 0 bridgehead atoms. The number of aryl methyl sites for hydroxylation is 1. The lowest BCUT2D eigenvalue weighted by Crippen LogP contribution is -1.99. The van der Waals surface area contributed by atoms with Crippen molar-refractivity contribution in [2.75, 3.05) is 0 Å². The molecule has 0 N–H and O–H groups in total. The van der Waals surface area contributed by atoms with Gasteiger partial charge in [-0.3, -0.25) is 0 Å². The number of hydrogen-bond acceptors (Lipinski definition) is 2. The van der Waals surface area contributed by atoms with Crippen LogP contribution in [0, 0.1) is 24.1 Å². The van der Waals surface area contributed by atoms with Crippen LogP contribution >= 0.6 is 0 Å². The number of nitriles is 1. The molecule has 0 saturated heterocycles. The van der Waals surface area contributed by atoms with Crippen LogP contribution in [0.4, 0.5) is 4.39 Å². The third kappa shape index (κ3) is 2.86. The summed E-state index contributed by atoms with van der Waals surface area (Å²) in [7, 11) is 0. The topological polar surface area (TPSA) is 33.0 Å². The Morgan fingerprint density at radius 2 is 1.89 bits per heavy atom. The Balaban J connectivity index is 2.13. The molecule has 0 unspecified atom stereocenters. The first-order valence-electron chi connectivity index (χ1n) is 5.57. The van der Waals surface area contributed by atoms with E-state index < -0.39 is 0 Å². The summed E-state index contributed by atoms with van der Waals surface area (Å²) < 4.78 is 18.6. The molecule has 3 heteroatoms. The second-order valence-electron chi connectivity index (χ2n) is 4.02. The third-order valence-electron chi connectivity index (χ3n) is 2.60. The van der Waals surface area contributed by atoms with Gasteiger partial charge in [0.05, 0.1) is 11.6 Å². The van der Waals surface area contributed by atoms with Crippen molar-refractivity contribution in [1.82, 2.24) is 0 Å². The maximum atomic E-state index is 13.1. The molecule has 0 spiro atoms. The van der Waals surface area contributed by atoms with Crippen molar-refractivity contribution < 1.29 is 9.13 Å². The largest absolute Gasteiger partial charge is 0.489 e. The number of halogens is 1. The molecule has 0 amide bonds. The van der Waals surface area contributed by atoms with Crippen molar-refractivity contribution in [2.24, 2.45) is 0 Å². The average Bonchev–Trinajstić information content (AvgIpc) is 2.38. The highest BCUT2D eigenvalue weighted by atomic mass is 19.1. The van der Waals surface area contributed by atoms with Crippen molar-refractivity contribution in [1.29, 1.82) is 5.26 Å². The highest BCUT2D eigenvalue weighted by molar-refractivity contribution is 5.38. The van der Waals surface area contributed by atoms with Gasteiger partial charge in [0.15, 0.2) is 0 Å². The lowest BCUT2D eigenvalue weighted by Gasteiger charge is -2.08. The summed E-state index contributed by atoms with van der Waals surface area (Å²) >= 11 is 0. The zero-order valence-electron chi connectivity index (χ0n) is 9.98. The van der Waals surface area contributed by atoms with Crippen LogP contribution in [-0.2, 0) is 6.61 Å². The SMILES string of the molecule is Cc1ccc(OCc2cc(F)ccc2C#N)cc1. The van der Waals surface area contributed by atoms with E-state index in [9.17, 15) is 4.39 Å². The Morgan fingerprint density at radius 1 is 1.17 bits per heavy atom. The van der Waals surface area contributed by atoms with Gasteiger partial charge in [0.2, 0.25) is 0 Å². The van der Waals surface area contributed by atoms with Gasteiger partial charge in [-0.15, -0.1) is 0 Å². The van der Waals surface area contributed by atoms with E-state index in [1.807, 2.05) is 37.3 Å². The van der Waals surface area contributed by atoms with Gasteiger partial charge in [0.25, 0.3) is 0 Å². The van der Waals surface area contributed by atoms with Gasteiger partial charge >= 0.3 is 0 Å². The minimum atomic E-state index is -0.364. The molecule has 2 rings (SSSR count). The zero-order chi connectivity index (χ0) is 13.0. The van der Waals surface area contributed by atoms with Crippen molar-refractivity contribution in [3.63, 3.8) is 0 Å². The van der Waals surface area contributed by atoms with Gasteiger partial charge in [-0.05, 0) is 37.3 Å². The molecule has 0 aliphatic heterocycles. The van der Waals surface area contributed by atoms with Crippen LogP contribution in [0.1, 0.15) is 16.7 Å². The molecule has 0 aliphatic rings. The summed E-state index contributed by atoms with van der Waals surface area (Å²) in [6.45, 7) is 2.17. The summed E-state index contributed by atoms with van der Waals surface area (Å²) in [4.78, 5) is 0. The summed E-state index contributed by atoms with van der Waals surface area (Å²) in [6.07, 6.45) is 0. The van der Waals surface area contributed by atoms with E-state index in [2.05, 4.69) is 0 Å². The molecular formula is C15H12FNO. The van der Waals surface area contributed by atoms with Crippen molar-refractivity contribution in [3.8, 4) is 11.8 Å². The maximum absolute atomic E-state index is 13.1. The third-order valence-corrected chi connectivity index (χ3v) is 2.60. The fourth-order valence-electron chi connectivity index (χ4n) is 1.59. The highest BCUT2D eigenvalue weighted by Gasteiger charge is 2.04. The first-order chi connectivity index (χ1) is 8.69. The first-order valence-corrected chi connectivity index (χ1v) is 5.57. The Morgan fingerprint density at radius 3 is 2.56 bits per heavy atom. The van der Waals surface area contributed by atoms with E-state index >= 15 is 0 Å². The Bertz CT molecular complexity index is 584. The molecule has 2 nitrogen and oxygen atoms in total. The van der Waals surface area contributed by atoms with Crippen molar-refractivity contribution in [3.05, 3.63) is 65.0 Å². The summed E-state index contributed by atoms with van der Waals surface area (Å²) in [5, 5.41) is 8.91. The predicted molar refractivity (Wildman–Crippen MR) is 66.6 cm³/mol. The fraction of sp³-hybridized carbons (Fsp3) is 0.133. The molecule has 18 heavy (non-hydrogen) atoms. The van der Waals surface area contributed by atoms with Crippen LogP contribution in [-0.4, -0.2) is 0 Å². The average molecular weight is 241 g/mol. The van der Waals surface area contributed by atoms with Gasteiger partial charge in [0.1, 0.15) is 18.2 Å². The second-order valence-corrected chi connectivity index (χ2v) is 4.02. The molecule has 0 fully saturated rings. The number of ether oxygens (including phenoxy) is 1. The standard InChI is InChI=1S/C15H12FNO/c1-11-2-6-15(7-3-11)18-10-13-8-14(16)5-4-12(13)9-17/h2-8H,10H2,1H3. The van der Waals surface area contributed by atoms with Gasteiger partial charge in [-0.1, -0.05) is 17.7 Å². The quantitative estimate of drug-likeness (QED) is 0.822. The van der Waals surface area contributed by atoms with E-state index in [0.717, 1.165) is 5.56 Å². The molecule has 0 saturated carbocycles. The summed E-state index contributed by atoms with van der Waals surface area (Å²) in [6, 6.07) is 13.6. The van der Waals surface area contributed by atoms with E-state index in [0.29, 0.717) is 16.9 Å².